The zero-order valence-electron chi connectivity index (χ0n) is 11.5. The van der Waals surface area contributed by atoms with Gasteiger partial charge in [0.15, 0.2) is 0 Å². The number of nitrogens with one attached hydrogen (secondary N) is 1. The maximum atomic E-state index is 12.2. The minimum Gasteiger partial charge on any atom is -0.383 e. The number of amides is 1. The summed E-state index contributed by atoms with van der Waals surface area (Å²) in [5, 5.41) is 3.26. The Balaban J connectivity index is 2.16. The summed E-state index contributed by atoms with van der Waals surface area (Å²) in [6.07, 6.45) is 2.30. The summed E-state index contributed by atoms with van der Waals surface area (Å²) in [6, 6.07) is 1.86. The van der Waals surface area contributed by atoms with Gasteiger partial charge in [0.05, 0.1) is 18.3 Å². The second-order valence-corrected chi connectivity index (χ2v) is 5.42. The monoisotopic (exact) mass is 295 g/mol. The quantitative estimate of drug-likeness (QED) is 0.799. The number of aromatic nitrogens is 2. The number of carbonyl (C=O) groups is 1. The Morgan fingerprint density at radius 3 is 3.05 bits per heavy atom. The lowest BCUT2D eigenvalue weighted by atomic mass is 10.3. The Kier molecular flexibility index (Phi) is 4.86. The van der Waals surface area contributed by atoms with Crippen molar-refractivity contribution in [3.05, 3.63) is 27.6 Å². The van der Waals surface area contributed by atoms with Gasteiger partial charge in [-0.1, -0.05) is 6.92 Å². The van der Waals surface area contributed by atoms with Gasteiger partial charge in [0, 0.05) is 18.5 Å². The van der Waals surface area contributed by atoms with Crippen molar-refractivity contribution in [1.29, 1.82) is 0 Å². The Bertz CT molecular complexity index is 662. The molecule has 0 atom stereocenters. The molecular formula is C13H17N3O3S. The molecule has 0 aliphatic rings. The number of hydrogen-bond acceptors (Lipinski definition) is 5. The summed E-state index contributed by atoms with van der Waals surface area (Å²) in [5.74, 6) is -0.226. The molecule has 2 aromatic heterocycles. The van der Waals surface area contributed by atoms with Crippen molar-refractivity contribution in [1.82, 2.24) is 14.9 Å². The van der Waals surface area contributed by atoms with Crippen molar-refractivity contribution in [2.45, 2.75) is 19.9 Å². The van der Waals surface area contributed by atoms with Gasteiger partial charge in [-0.3, -0.25) is 14.2 Å². The molecule has 0 aromatic carbocycles. The Morgan fingerprint density at radius 2 is 2.35 bits per heavy atom. The van der Waals surface area contributed by atoms with Crippen LogP contribution in [0.2, 0.25) is 0 Å². The first-order chi connectivity index (χ1) is 9.65. The molecule has 0 saturated heterocycles. The van der Waals surface area contributed by atoms with E-state index in [0.29, 0.717) is 18.5 Å². The normalized spacial score (nSPS) is 10.9. The summed E-state index contributed by atoms with van der Waals surface area (Å²) in [4.78, 5) is 30.0. The van der Waals surface area contributed by atoms with E-state index in [-0.39, 0.29) is 18.0 Å². The largest absolute Gasteiger partial charge is 0.383 e. The van der Waals surface area contributed by atoms with Crippen molar-refractivity contribution in [2.24, 2.45) is 0 Å². The van der Waals surface area contributed by atoms with E-state index in [0.717, 1.165) is 16.1 Å². The molecule has 108 valence electrons. The van der Waals surface area contributed by atoms with Gasteiger partial charge in [0.25, 0.3) is 5.56 Å². The van der Waals surface area contributed by atoms with Crippen LogP contribution in [-0.2, 0) is 22.5 Å². The molecule has 0 saturated carbocycles. The van der Waals surface area contributed by atoms with Crippen LogP contribution >= 0.6 is 11.3 Å². The second-order valence-electron chi connectivity index (χ2n) is 4.31. The van der Waals surface area contributed by atoms with Crippen molar-refractivity contribution < 1.29 is 9.53 Å². The third kappa shape index (κ3) is 3.23. The van der Waals surface area contributed by atoms with E-state index in [2.05, 4.69) is 10.3 Å². The highest BCUT2D eigenvalue weighted by atomic mass is 32.1. The number of aryl methyl sites for hydroxylation is 1. The molecule has 6 nitrogen and oxygen atoms in total. The van der Waals surface area contributed by atoms with E-state index in [1.54, 1.807) is 7.11 Å². The minimum absolute atomic E-state index is 0.0250. The first-order valence-corrected chi connectivity index (χ1v) is 7.20. The molecule has 20 heavy (non-hydrogen) atoms. The predicted octanol–water partition coefficient (Wildman–Crippen LogP) is 0.783. The fraction of sp³-hybridized carbons (Fsp3) is 0.462. The molecule has 2 aromatic rings. The summed E-state index contributed by atoms with van der Waals surface area (Å²) < 4.78 is 6.17. The number of thiophene rings is 1. The molecular weight excluding hydrogens is 278 g/mol. The fourth-order valence-electron chi connectivity index (χ4n) is 1.80. The van der Waals surface area contributed by atoms with Gasteiger partial charge < -0.3 is 10.1 Å². The predicted molar refractivity (Wildman–Crippen MR) is 78.1 cm³/mol. The van der Waals surface area contributed by atoms with E-state index in [1.807, 2.05) is 13.0 Å². The number of hydrogen-bond donors (Lipinski definition) is 1. The van der Waals surface area contributed by atoms with Crippen LogP contribution in [0.4, 0.5) is 0 Å². The smallest absolute Gasteiger partial charge is 0.262 e. The summed E-state index contributed by atoms with van der Waals surface area (Å²) >= 11 is 1.51. The van der Waals surface area contributed by atoms with Crippen molar-refractivity contribution in [2.75, 3.05) is 20.3 Å². The van der Waals surface area contributed by atoms with E-state index in [1.165, 1.54) is 22.2 Å². The highest BCUT2D eigenvalue weighted by Crippen LogP contribution is 2.20. The van der Waals surface area contributed by atoms with Gasteiger partial charge in [-0.2, -0.15) is 0 Å². The summed E-state index contributed by atoms with van der Waals surface area (Å²) in [6.45, 7) is 2.88. The molecule has 1 amide bonds. The first kappa shape index (κ1) is 14.7. The maximum absolute atomic E-state index is 12.2. The van der Waals surface area contributed by atoms with Crippen molar-refractivity contribution >= 4 is 27.5 Å². The van der Waals surface area contributed by atoms with Crippen LogP contribution < -0.4 is 10.9 Å². The average Bonchev–Trinajstić information content (AvgIpc) is 2.86. The summed E-state index contributed by atoms with van der Waals surface area (Å²) in [7, 11) is 1.57. The molecule has 0 unspecified atom stereocenters. The van der Waals surface area contributed by atoms with Gasteiger partial charge in [-0.05, 0) is 12.5 Å². The number of rotatable bonds is 6. The number of methoxy groups -OCH3 is 1. The zero-order chi connectivity index (χ0) is 14.5. The van der Waals surface area contributed by atoms with Crippen LogP contribution in [0.15, 0.2) is 17.2 Å². The molecule has 0 bridgehead atoms. The molecule has 0 radical (unpaired) electrons. The average molecular weight is 295 g/mol. The zero-order valence-corrected chi connectivity index (χ0v) is 12.3. The highest BCUT2D eigenvalue weighted by molar-refractivity contribution is 7.18. The fourth-order valence-corrected chi connectivity index (χ4v) is 2.73. The highest BCUT2D eigenvalue weighted by Gasteiger charge is 2.10. The minimum atomic E-state index is -0.226. The van der Waals surface area contributed by atoms with Crippen LogP contribution in [-0.4, -0.2) is 35.7 Å². The molecule has 0 aliphatic carbocycles. The van der Waals surface area contributed by atoms with Crippen LogP contribution in [0.5, 0.6) is 0 Å². The van der Waals surface area contributed by atoms with Crippen LogP contribution in [0.3, 0.4) is 0 Å². The molecule has 2 heterocycles. The molecule has 0 aliphatic heterocycles. The first-order valence-electron chi connectivity index (χ1n) is 6.39. The number of ether oxygens (including phenoxy) is 1. The van der Waals surface area contributed by atoms with Gasteiger partial charge in [-0.15, -0.1) is 11.3 Å². The van der Waals surface area contributed by atoms with E-state index < -0.39 is 0 Å². The SMILES string of the molecule is CCc1cc2c(=O)n(CC(=O)NCCOC)cnc2s1. The standard InChI is InChI=1S/C13H17N3O3S/c1-3-9-6-10-12(20-9)15-8-16(13(10)18)7-11(17)14-4-5-19-2/h6,8H,3-5,7H2,1-2H3,(H,14,17). The number of fused-ring (bicyclic) bond motifs is 1. The van der Waals surface area contributed by atoms with Crippen molar-refractivity contribution in [3.63, 3.8) is 0 Å². The van der Waals surface area contributed by atoms with Crippen LogP contribution in [0, 0.1) is 0 Å². The van der Waals surface area contributed by atoms with Crippen LogP contribution in [0.1, 0.15) is 11.8 Å². The van der Waals surface area contributed by atoms with E-state index in [9.17, 15) is 9.59 Å². The van der Waals surface area contributed by atoms with Gasteiger partial charge in [0.2, 0.25) is 5.91 Å². The molecule has 2 rings (SSSR count). The summed E-state index contributed by atoms with van der Waals surface area (Å²) in [5.41, 5.74) is -0.173. The third-order valence-electron chi connectivity index (χ3n) is 2.86. The number of carbonyl (C=O) groups excluding carboxylic acids is 1. The van der Waals surface area contributed by atoms with Gasteiger partial charge in [0.1, 0.15) is 11.4 Å². The molecule has 0 fully saturated rings. The van der Waals surface area contributed by atoms with Gasteiger partial charge in [-0.25, -0.2) is 4.98 Å². The topological polar surface area (TPSA) is 73.2 Å². The third-order valence-corrected chi connectivity index (χ3v) is 4.05. The number of nitrogens with zero attached hydrogens (tertiary/aromatic N) is 2. The Labute approximate surface area is 120 Å². The van der Waals surface area contributed by atoms with Crippen molar-refractivity contribution in [3.8, 4) is 0 Å². The Hall–Kier alpha value is -1.73. The molecule has 1 N–H and O–H groups in total. The van der Waals surface area contributed by atoms with E-state index >= 15 is 0 Å². The maximum Gasteiger partial charge on any atom is 0.262 e. The molecule has 0 spiro atoms. The molecule has 7 heteroatoms. The lowest BCUT2D eigenvalue weighted by Gasteiger charge is -2.06. The lowest BCUT2D eigenvalue weighted by molar-refractivity contribution is -0.121. The van der Waals surface area contributed by atoms with Crippen LogP contribution in [0.25, 0.3) is 10.2 Å². The lowest BCUT2D eigenvalue weighted by Crippen LogP contribution is -2.34. The second kappa shape index (κ2) is 6.62. The van der Waals surface area contributed by atoms with E-state index in [4.69, 9.17) is 4.74 Å². The Morgan fingerprint density at radius 1 is 1.55 bits per heavy atom. The van der Waals surface area contributed by atoms with Gasteiger partial charge >= 0.3 is 0 Å².